The first kappa shape index (κ1) is 20.5. The monoisotopic (exact) mass is 450 g/mol. The number of halogens is 1. The summed E-state index contributed by atoms with van der Waals surface area (Å²) in [6, 6.07) is 0. The SMILES string of the molecule is CCOC(=O)N1CCN(C(=NC)NCCc2cnn(C)c2)CC1.I. The molecule has 0 unspecified atom stereocenters. The maximum atomic E-state index is 11.7. The van der Waals surface area contributed by atoms with Crippen molar-refractivity contribution in [1.29, 1.82) is 0 Å². The van der Waals surface area contributed by atoms with E-state index in [0.29, 0.717) is 19.7 Å². The van der Waals surface area contributed by atoms with Crippen LogP contribution < -0.4 is 5.32 Å². The van der Waals surface area contributed by atoms with Gasteiger partial charge < -0.3 is 19.9 Å². The number of carbonyl (C=O) groups is 1. The summed E-state index contributed by atoms with van der Waals surface area (Å²) in [5, 5.41) is 7.53. The average Bonchev–Trinajstić information content (AvgIpc) is 2.97. The van der Waals surface area contributed by atoms with E-state index in [-0.39, 0.29) is 30.1 Å². The quantitative estimate of drug-likeness (QED) is 0.420. The Bertz CT molecular complexity index is 540. The minimum absolute atomic E-state index is 0. The molecule has 136 valence electrons. The molecule has 1 N–H and O–H groups in total. The zero-order valence-corrected chi connectivity index (χ0v) is 16.9. The summed E-state index contributed by atoms with van der Waals surface area (Å²) in [6.45, 7) is 5.86. The topological polar surface area (TPSA) is 75.0 Å². The Morgan fingerprint density at radius 3 is 2.54 bits per heavy atom. The molecule has 24 heavy (non-hydrogen) atoms. The van der Waals surface area contributed by atoms with Crippen LogP contribution in [-0.2, 0) is 18.2 Å². The molecule has 1 aliphatic rings. The fourth-order valence-electron chi connectivity index (χ4n) is 2.57. The molecule has 1 amide bonds. The van der Waals surface area contributed by atoms with Crippen molar-refractivity contribution < 1.29 is 9.53 Å². The van der Waals surface area contributed by atoms with E-state index in [9.17, 15) is 4.79 Å². The Hall–Kier alpha value is -1.52. The van der Waals surface area contributed by atoms with Crippen molar-refractivity contribution in [1.82, 2.24) is 24.9 Å². The number of rotatable bonds is 4. The summed E-state index contributed by atoms with van der Waals surface area (Å²) in [5.74, 6) is 0.873. The van der Waals surface area contributed by atoms with Crippen LogP contribution in [0.3, 0.4) is 0 Å². The lowest BCUT2D eigenvalue weighted by molar-refractivity contribution is 0.0915. The highest BCUT2D eigenvalue weighted by Gasteiger charge is 2.23. The van der Waals surface area contributed by atoms with Crippen molar-refractivity contribution in [3.8, 4) is 0 Å². The van der Waals surface area contributed by atoms with E-state index >= 15 is 0 Å². The predicted molar refractivity (Wildman–Crippen MR) is 104 cm³/mol. The Morgan fingerprint density at radius 2 is 2.00 bits per heavy atom. The van der Waals surface area contributed by atoms with Gasteiger partial charge in [0.15, 0.2) is 5.96 Å². The van der Waals surface area contributed by atoms with Gasteiger partial charge in [-0.15, -0.1) is 24.0 Å². The van der Waals surface area contributed by atoms with Gasteiger partial charge in [-0.1, -0.05) is 0 Å². The van der Waals surface area contributed by atoms with Gasteiger partial charge in [-0.25, -0.2) is 4.79 Å². The van der Waals surface area contributed by atoms with E-state index < -0.39 is 0 Å². The van der Waals surface area contributed by atoms with Gasteiger partial charge in [-0.2, -0.15) is 5.10 Å². The van der Waals surface area contributed by atoms with Crippen LogP contribution in [0.2, 0.25) is 0 Å². The Morgan fingerprint density at radius 1 is 1.33 bits per heavy atom. The molecule has 0 saturated carbocycles. The van der Waals surface area contributed by atoms with Crippen molar-refractivity contribution in [2.75, 3.05) is 46.4 Å². The lowest BCUT2D eigenvalue weighted by Gasteiger charge is -2.35. The maximum Gasteiger partial charge on any atom is 0.409 e. The Balaban J connectivity index is 0.00000288. The van der Waals surface area contributed by atoms with Gasteiger partial charge in [0.2, 0.25) is 0 Å². The van der Waals surface area contributed by atoms with Crippen molar-refractivity contribution in [3.05, 3.63) is 18.0 Å². The van der Waals surface area contributed by atoms with Crippen molar-refractivity contribution in [2.24, 2.45) is 12.0 Å². The molecule has 2 heterocycles. The number of aliphatic imine (C=N–C) groups is 1. The summed E-state index contributed by atoms with van der Waals surface area (Å²) in [7, 11) is 3.70. The number of hydrogen-bond donors (Lipinski definition) is 1. The van der Waals surface area contributed by atoms with Gasteiger partial charge in [0.1, 0.15) is 0 Å². The molecule has 1 aromatic heterocycles. The summed E-state index contributed by atoms with van der Waals surface area (Å²) >= 11 is 0. The fraction of sp³-hybridized carbons (Fsp3) is 0.667. The smallest absolute Gasteiger partial charge is 0.409 e. The lowest BCUT2D eigenvalue weighted by atomic mass is 10.2. The summed E-state index contributed by atoms with van der Waals surface area (Å²) in [5.41, 5.74) is 1.20. The minimum atomic E-state index is -0.230. The molecule has 1 fully saturated rings. The van der Waals surface area contributed by atoms with Crippen LogP contribution in [0.4, 0.5) is 4.79 Å². The van der Waals surface area contributed by atoms with Crippen LogP contribution >= 0.6 is 24.0 Å². The van der Waals surface area contributed by atoms with E-state index in [1.807, 2.05) is 26.4 Å². The molecule has 0 aliphatic carbocycles. The molecule has 9 heteroatoms. The Labute approximate surface area is 160 Å². The number of aryl methyl sites for hydroxylation is 1. The van der Waals surface area contributed by atoms with Crippen LogP contribution in [0.15, 0.2) is 17.4 Å². The summed E-state index contributed by atoms with van der Waals surface area (Å²) in [6.07, 6.45) is 4.56. The molecule has 8 nitrogen and oxygen atoms in total. The molecule has 0 atom stereocenters. The van der Waals surface area contributed by atoms with Crippen LogP contribution in [0.5, 0.6) is 0 Å². The van der Waals surface area contributed by atoms with Crippen LogP contribution in [0.25, 0.3) is 0 Å². The number of ether oxygens (including phenoxy) is 1. The van der Waals surface area contributed by atoms with E-state index in [2.05, 4.69) is 20.3 Å². The lowest BCUT2D eigenvalue weighted by Crippen LogP contribution is -2.54. The number of carbonyl (C=O) groups excluding carboxylic acids is 1. The molecule has 0 spiro atoms. The maximum absolute atomic E-state index is 11.7. The number of guanidine groups is 1. The molecular weight excluding hydrogens is 423 g/mol. The van der Waals surface area contributed by atoms with E-state index in [1.165, 1.54) is 5.56 Å². The van der Waals surface area contributed by atoms with E-state index in [0.717, 1.165) is 32.0 Å². The third-order valence-electron chi connectivity index (χ3n) is 3.77. The number of aromatic nitrogens is 2. The number of hydrogen-bond acceptors (Lipinski definition) is 4. The van der Waals surface area contributed by atoms with Gasteiger partial charge in [0, 0.05) is 53.0 Å². The first-order chi connectivity index (χ1) is 11.1. The zero-order valence-electron chi connectivity index (χ0n) is 14.6. The third-order valence-corrected chi connectivity index (χ3v) is 3.77. The molecule has 1 saturated heterocycles. The van der Waals surface area contributed by atoms with E-state index in [4.69, 9.17) is 4.74 Å². The second-order valence-electron chi connectivity index (χ2n) is 5.42. The third kappa shape index (κ3) is 5.84. The Kier molecular flexibility index (Phi) is 8.87. The first-order valence-electron chi connectivity index (χ1n) is 7.99. The largest absolute Gasteiger partial charge is 0.450 e. The summed E-state index contributed by atoms with van der Waals surface area (Å²) < 4.78 is 6.84. The minimum Gasteiger partial charge on any atom is -0.450 e. The number of piperazine rings is 1. The molecular formula is C15H27IN6O2. The second-order valence-corrected chi connectivity index (χ2v) is 5.42. The molecule has 0 radical (unpaired) electrons. The van der Waals surface area contributed by atoms with Crippen LogP contribution in [0.1, 0.15) is 12.5 Å². The fourth-order valence-corrected chi connectivity index (χ4v) is 2.57. The van der Waals surface area contributed by atoms with Crippen LogP contribution in [-0.4, -0.2) is 78.0 Å². The molecule has 1 aromatic rings. The van der Waals surface area contributed by atoms with Gasteiger partial charge in [0.25, 0.3) is 0 Å². The van der Waals surface area contributed by atoms with E-state index in [1.54, 1.807) is 16.6 Å². The molecule has 2 rings (SSSR count). The van der Waals surface area contributed by atoms with Crippen LogP contribution in [0, 0.1) is 0 Å². The highest BCUT2D eigenvalue weighted by molar-refractivity contribution is 14.0. The van der Waals surface area contributed by atoms with Crippen molar-refractivity contribution in [2.45, 2.75) is 13.3 Å². The normalized spacial score (nSPS) is 15.0. The first-order valence-corrected chi connectivity index (χ1v) is 7.99. The van der Waals surface area contributed by atoms with Gasteiger partial charge in [0.05, 0.1) is 12.8 Å². The molecule has 1 aliphatic heterocycles. The summed E-state index contributed by atoms with van der Waals surface area (Å²) in [4.78, 5) is 19.9. The second kappa shape index (κ2) is 10.4. The standard InChI is InChI=1S/C15H26N6O2.HI/c1-4-23-15(22)21-9-7-20(8-10-21)14(16-2)17-6-5-13-11-18-19(3)12-13;/h11-12H,4-10H2,1-3H3,(H,16,17);1H. The zero-order chi connectivity index (χ0) is 16.7. The number of nitrogens with zero attached hydrogens (tertiary/aromatic N) is 5. The van der Waals surface area contributed by atoms with Crippen molar-refractivity contribution >= 4 is 36.0 Å². The number of nitrogens with one attached hydrogen (secondary N) is 1. The number of amides is 1. The highest BCUT2D eigenvalue weighted by Crippen LogP contribution is 2.04. The average molecular weight is 450 g/mol. The van der Waals surface area contributed by atoms with Gasteiger partial charge in [-0.3, -0.25) is 9.67 Å². The highest BCUT2D eigenvalue weighted by atomic mass is 127. The predicted octanol–water partition coefficient (Wildman–Crippen LogP) is 0.930. The van der Waals surface area contributed by atoms with Gasteiger partial charge in [-0.05, 0) is 18.9 Å². The molecule has 0 bridgehead atoms. The van der Waals surface area contributed by atoms with Gasteiger partial charge >= 0.3 is 6.09 Å². The van der Waals surface area contributed by atoms with Crippen molar-refractivity contribution in [3.63, 3.8) is 0 Å². The molecule has 0 aromatic carbocycles.